The van der Waals surface area contributed by atoms with E-state index in [2.05, 4.69) is 5.32 Å². The number of nitrogens with one attached hydrogen (secondary N) is 1. The molecule has 20 heavy (non-hydrogen) atoms. The van der Waals surface area contributed by atoms with Crippen LogP contribution < -0.4 is 16.8 Å². The molecule has 0 unspecified atom stereocenters. The Morgan fingerprint density at radius 1 is 1.05 bits per heavy atom. The highest BCUT2D eigenvalue weighted by Crippen LogP contribution is 2.18. The third-order valence-electron chi connectivity index (χ3n) is 3.00. The van der Waals surface area contributed by atoms with Crippen LogP contribution in [-0.2, 0) is 0 Å². The van der Waals surface area contributed by atoms with Crippen LogP contribution >= 0.6 is 0 Å². The Kier molecular flexibility index (Phi) is 3.70. The number of nitrogens with two attached hydrogens (primary N) is 2. The molecule has 0 bridgehead atoms. The van der Waals surface area contributed by atoms with E-state index in [0.29, 0.717) is 22.5 Å². The Morgan fingerprint density at radius 2 is 1.70 bits per heavy atom. The summed E-state index contributed by atoms with van der Waals surface area (Å²) < 4.78 is 0. The number of para-hydroxylation sites is 1. The molecule has 5 heteroatoms. The van der Waals surface area contributed by atoms with Gasteiger partial charge in [-0.3, -0.25) is 9.59 Å². The zero-order valence-electron chi connectivity index (χ0n) is 11.0. The van der Waals surface area contributed by atoms with Gasteiger partial charge in [-0.15, -0.1) is 0 Å². The Labute approximate surface area is 116 Å². The number of benzene rings is 2. The maximum absolute atomic E-state index is 12.1. The first-order valence-corrected chi connectivity index (χ1v) is 6.05. The van der Waals surface area contributed by atoms with Crippen molar-refractivity contribution in [3.63, 3.8) is 0 Å². The van der Waals surface area contributed by atoms with Gasteiger partial charge in [-0.1, -0.05) is 12.1 Å². The third kappa shape index (κ3) is 2.77. The molecule has 0 spiro atoms. The van der Waals surface area contributed by atoms with Crippen LogP contribution in [0, 0.1) is 6.92 Å². The second-order valence-corrected chi connectivity index (χ2v) is 4.43. The first kappa shape index (κ1) is 13.6. The van der Waals surface area contributed by atoms with Crippen molar-refractivity contribution >= 4 is 23.2 Å². The van der Waals surface area contributed by atoms with Crippen LogP contribution in [0.25, 0.3) is 0 Å². The number of hydrogen-bond acceptors (Lipinski definition) is 3. The molecule has 0 aliphatic rings. The highest BCUT2D eigenvalue weighted by molar-refractivity contribution is 6.08. The van der Waals surface area contributed by atoms with E-state index >= 15 is 0 Å². The number of hydrogen-bond donors (Lipinski definition) is 3. The van der Waals surface area contributed by atoms with Gasteiger partial charge in [0.15, 0.2) is 0 Å². The molecule has 2 rings (SSSR count). The van der Waals surface area contributed by atoms with Gasteiger partial charge in [0.2, 0.25) is 5.91 Å². The van der Waals surface area contributed by atoms with Crippen LogP contribution in [0.3, 0.4) is 0 Å². The van der Waals surface area contributed by atoms with E-state index < -0.39 is 5.91 Å². The van der Waals surface area contributed by atoms with Gasteiger partial charge >= 0.3 is 0 Å². The second kappa shape index (κ2) is 5.44. The lowest BCUT2D eigenvalue weighted by Gasteiger charge is -2.09. The molecule has 5 nitrogen and oxygen atoms in total. The molecule has 2 aromatic carbocycles. The summed E-state index contributed by atoms with van der Waals surface area (Å²) in [6.07, 6.45) is 0. The standard InChI is InChI=1S/C15H15N3O2/c1-9-3-2-4-12(13(9)16)15(20)18-11-7-5-10(6-8-11)14(17)19/h2-8H,16H2,1H3,(H2,17,19)(H,18,20). The minimum Gasteiger partial charge on any atom is -0.398 e. The van der Waals surface area contributed by atoms with Crippen molar-refractivity contribution in [3.8, 4) is 0 Å². The number of anilines is 2. The van der Waals surface area contributed by atoms with Crippen molar-refractivity contribution in [2.75, 3.05) is 11.1 Å². The van der Waals surface area contributed by atoms with Gasteiger partial charge in [0.1, 0.15) is 0 Å². The van der Waals surface area contributed by atoms with Crippen LogP contribution in [-0.4, -0.2) is 11.8 Å². The smallest absolute Gasteiger partial charge is 0.257 e. The molecule has 2 amide bonds. The Bertz CT molecular complexity index is 663. The number of rotatable bonds is 3. The fraction of sp³-hybridized carbons (Fsp3) is 0.0667. The normalized spacial score (nSPS) is 10.1. The molecule has 0 radical (unpaired) electrons. The minimum atomic E-state index is -0.509. The lowest BCUT2D eigenvalue weighted by atomic mass is 10.1. The SMILES string of the molecule is Cc1cccc(C(=O)Nc2ccc(C(N)=O)cc2)c1N. The molecule has 0 saturated heterocycles. The number of carbonyl (C=O) groups is 2. The largest absolute Gasteiger partial charge is 0.398 e. The van der Waals surface area contributed by atoms with Crippen LogP contribution in [0.4, 0.5) is 11.4 Å². The predicted octanol–water partition coefficient (Wildman–Crippen LogP) is 1.93. The third-order valence-corrected chi connectivity index (χ3v) is 3.00. The van der Waals surface area contributed by atoms with Crippen LogP contribution in [0.1, 0.15) is 26.3 Å². The van der Waals surface area contributed by atoms with Crippen molar-refractivity contribution < 1.29 is 9.59 Å². The summed E-state index contributed by atoms with van der Waals surface area (Å²) in [6, 6.07) is 11.6. The van der Waals surface area contributed by atoms with E-state index in [1.165, 1.54) is 0 Å². The summed E-state index contributed by atoms with van der Waals surface area (Å²) in [5.41, 5.74) is 13.7. The van der Waals surface area contributed by atoms with Crippen molar-refractivity contribution in [2.24, 2.45) is 5.73 Å². The molecule has 0 aromatic heterocycles. The van der Waals surface area contributed by atoms with Crippen LogP contribution in [0.15, 0.2) is 42.5 Å². The molecular formula is C15H15N3O2. The first-order valence-electron chi connectivity index (χ1n) is 6.05. The number of primary amides is 1. The molecule has 0 heterocycles. The first-order chi connectivity index (χ1) is 9.49. The molecule has 0 aliphatic heterocycles. The number of amides is 2. The lowest BCUT2D eigenvalue weighted by molar-refractivity contribution is 0.0998. The quantitative estimate of drug-likeness (QED) is 0.742. The van der Waals surface area contributed by atoms with Gasteiger partial charge in [-0.05, 0) is 42.8 Å². The number of aryl methyl sites for hydroxylation is 1. The zero-order valence-corrected chi connectivity index (χ0v) is 11.0. The molecule has 0 fully saturated rings. The van der Waals surface area contributed by atoms with E-state index in [4.69, 9.17) is 11.5 Å². The minimum absolute atomic E-state index is 0.293. The molecule has 5 N–H and O–H groups in total. The summed E-state index contributed by atoms with van der Waals surface area (Å²) in [5, 5.41) is 2.72. The van der Waals surface area contributed by atoms with Gasteiger partial charge in [-0.25, -0.2) is 0 Å². The maximum atomic E-state index is 12.1. The summed E-state index contributed by atoms with van der Waals surface area (Å²) in [7, 11) is 0. The average molecular weight is 269 g/mol. The molecule has 0 aliphatic carbocycles. The summed E-state index contributed by atoms with van der Waals surface area (Å²) in [4.78, 5) is 23.1. The second-order valence-electron chi connectivity index (χ2n) is 4.43. The van der Waals surface area contributed by atoms with E-state index in [0.717, 1.165) is 5.56 Å². The summed E-state index contributed by atoms with van der Waals surface area (Å²) >= 11 is 0. The van der Waals surface area contributed by atoms with E-state index in [1.807, 2.05) is 13.0 Å². The summed E-state index contributed by atoms with van der Waals surface area (Å²) in [5.74, 6) is -0.802. The van der Waals surface area contributed by atoms with E-state index in [9.17, 15) is 9.59 Å². The summed E-state index contributed by atoms with van der Waals surface area (Å²) in [6.45, 7) is 1.84. The highest BCUT2D eigenvalue weighted by Gasteiger charge is 2.11. The van der Waals surface area contributed by atoms with Crippen molar-refractivity contribution in [1.29, 1.82) is 0 Å². The fourth-order valence-corrected chi connectivity index (χ4v) is 1.79. The zero-order chi connectivity index (χ0) is 14.7. The lowest BCUT2D eigenvalue weighted by Crippen LogP contribution is -2.15. The van der Waals surface area contributed by atoms with Gasteiger partial charge < -0.3 is 16.8 Å². The van der Waals surface area contributed by atoms with Crippen LogP contribution in [0.5, 0.6) is 0 Å². The van der Waals surface area contributed by atoms with Gasteiger partial charge in [0, 0.05) is 16.9 Å². The molecule has 0 atom stereocenters. The fourth-order valence-electron chi connectivity index (χ4n) is 1.79. The molecule has 102 valence electrons. The Balaban J connectivity index is 2.19. The average Bonchev–Trinajstić information content (AvgIpc) is 2.42. The van der Waals surface area contributed by atoms with Gasteiger partial charge in [-0.2, -0.15) is 0 Å². The van der Waals surface area contributed by atoms with Gasteiger partial charge in [0.25, 0.3) is 5.91 Å². The monoisotopic (exact) mass is 269 g/mol. The van der Waals surface area contributed by atoms with Gasteiger partial charge in [0.05, 0.1) is 5.56 Å². The number of carbonyl (C=O) groups excluding carboxylic acids is 2. The topological polar surface area (TPSA) is 98.2 Å². The van der Waals surface area contributed by atoms with Crippen molar-refractivity contribution in [1.82, 2.24) is 0 Å². The molecule has 0 saturated carbocycles. The Morgan fingerprint density at radius 3 is 2.30 bits per heavy atom. The highest BCUT2D eigenvalue weighted by atomic mass is 16.2. The van der Waals surface area contributed by atoms with Crippen molar-refractivity contribution in [3.05, 3.63) is 59.2 Å². The van der Waals surface area contributed by atoms with E-state index in [1.54, 1.807) is 36.4 Å². The maximum Gasteiger partial charge on any atom is 0.257 e. The van der Waals surface area contributed by atoms with Crippen LogP contribution in [0.2, 0.25) is 0 Å². The predicted molar refractivity (Wildman–Crippen MR) is 78.5 cm³/mol. The van der Waals surface area contributed by atoms with Crippen molar-refractivity contribution in [2.45, 2.75) is 6.92 Å². The molecule has 2 aromatic rings. The Hall–Kier alpha value is -2.82. The number of nitrogen functional groups attached to an aromatic ring is 1. The van der Waals surface area contributed by atoms with E-state index in [-0.39, 0.29) is 5.91 Å². The molecular weight excluding hydrogens is 254 g/mol.